The summed E-state index contributed by atoms with van der Waals surface area (Å²) in [7, 11) is 0. The van der Waals surface area contributed by atoms with Gasteiger partial charge in [-0.1, -0.05) is 11.8 Å². The molecule has 0 spiro atoms. The second-order valence-electron chi connectivity index (χ2n) is 7.49. The topological polar surface area (TPSA) is 76.6 Å². The maximum absolute atomic E-state index is 12.7. The highest BCUT2D eigenvalue weighted by atomic mass is 32.2. The van der Waals surface area contributed by atoms with Crippen molar-refractivity contribution in [2.75, 3.05) is 36.8 Å². The average molecular weight is 406 g/mol. The average Bonchev–Trinajstić information content (AvgIpc) is 3.41. The Balaban J connectivity index is 1.46. The molecular weight excluding hydrogens is 378 g/mol. The van der Waals surface area contributed by atoms with Crippen molar-refractivity contribution >= 4 is 23.6 Å². The minimum atomic E-state index is 0.0714. The fourth-order valence-corrected chi connectivity index (χ4v) is 4.67. The summed E-state index contributed by atoms with van der Waals surface area (Å²) in [6, 6.07) is 3.83. The van der Waals surface area contributed by atoms with Crippen LogP contribution in [0.25, 0.3) is 0 Å². The minimum absolute atomic E-state index is 0.0714. The second-order valence-corrected chi connectivity index (χ2v) is 8.43. The predicted octanol–water partition coefficient (Wildman–Crippen LogP) is 2.25. The molecule has 2 aliphatic heterocycles. The molecule has 152 valence electrons. The van der Waals surface area contributed by atoms with Crippen molar-refractivity contribution in [2.24, 2.45) is 0 Å². The Morgan fingerprint density at radius 1 is 1.21 bits per heavy atom. The zero-order valence-corrected chi connectivity index (χ0v) is 17.2. The third-order valence-electron chi connectivity index (χ3n) is 5.08. The zero-order valence-electron chi connectivity index (χ0n) is 16.4. The van der Waals surface area contributed by atoms with E-state index in [0.717, 1.165) is 30.0 Å². The lowest BCUT2D eigenvalue weighted by Gasteiger charge is -2.35. The van der Waals surface area contributed by atoms with Crippen LogP contribution in [0.2, 0.25) is 0 Å². The van der Waals surface area contributed by atoms with Gasteiger partial charge in [0, 0.05) is 26.2 Å². The molecule has 28 heavy (non-hydrogen) atoms. The monoisotopic (exact) mass is 405 g/mol. The Hall–Kier alpha value is -2.00. The number of amides is 1. The van der Waals surface area contributed by atoms with Gasteiger partial charge in [0.05, 0.1) is 30.8 Å². The van der Waals surface area contributed by atoms with E-state index >= 15 is 0 Å². The molecule has 2 fully saturated rings. The maximum atomic E-state index is 12.7. The highest BCUT2D eigenvalue weighted by Crippen LogP contribution is 2.26. The number of carbonyl (C=O) groups excluding carboxylic acids is 1. The Morgan fingerprint density at radius 3 is 2.64 bits per heavy atom. The molecule has 2 aromatic rings. The van der Waals surface area contributed by atoms with Crippen molar-refractivity contribution in [3.8, 4) is 0 Å². The number of carbonyl (C=O) groups is 1. The third kappa shape index (κ3) is 4.35. The predicted molar refractivity (Wildman–Crippen MR) is 107 cm³/mol. The Morgan fingerprint density at radius 2 is 1.96 bits per heavy atom. The molecule has 0 saturated carbocycles. The summed E-state index contributed by atoms with van der Waals surface area (Å²) in [6.45, 7) is 7.83. The van der Waals surface area contributed by atoms with Gasteiger partial charge < -0.3 is 19.0 Å². The highest BCUT2D eigenvalue weighted by Gasteiger charge is 2.27. The van der Waals surface area contributed by atoms with E-state index in [1.54, 1.807) is 6.26 Å². The van der Waals surface area contributed by atoms with Crippen molar-refractivity contribution in [2.45, 2.75) is 50.6 Å². The van der Waals surface area contributed by atoms with Gasteiger partial charge in [-0.3, -0.25) is 9.36 Å². The number of thioether (sulfide) groups is 1. The molecule has 9 heteroatoms. The number of anilines is 1. The first kappa shape index (κ1) is 19.3. The molecule has 1 amide bonds. The van der Waals surface area contributed by atoms with Gasteiger partial charge in [0.15, 0.2) is 5.16 Å². The van der Waals surface area contributed by atoms with Crippen LogP contribution < -0.4 is 4.90 Å². The Kier molecular flexibility index (Phi) is 5.91. The van der Waals surface area contributed by atoms with E-state index in [-0.39, 0.29) is 18.1 Å². The number of morpholine rings is 1. The van der Waals surface area contributed by atoms with Crippen molar-refractivity contribution in [1.29, 1.82) is 0 Å². The number of furan rings is 1. The summed E-state index contributed by atoms with van der Waals surface area (Å²) < 4.78 is 13.3. The molecule has 2 saturated heterocycles. The quantitative estimate of drug-likeness (QED) is 0.682. The van der Waals surface area contributed by atoms with Crippen LogP contribution in [-0.2, 0) is 16.1 Å². The lowest BCUT2D eigenvalue weighted by Crippen LogP contribution is -2.48. The molecule has 2 aromatic heterocycles. The van der Waals surface area contributed by atoms with Gasteiger partial charge in [-0.25, -0.2) is 0 Å². The van der Waals surface area contributed by atoms with Gasteiger partial charge in [0.2, 0.25) is 11.9 Å². The lowest BCUT2D eigenvalue weighted by molar-refractivity contribution is -0.140. The number of nitrogens with zero attached hydrogens (tertiary/aromatic N) is 5. The van der Waals surface area contributed by atoms with Gasteiger partial charge in [-0.05, 0) is 38.8 Å². The van der Waals surface area contributed by atoms with Crippen LogP contribution >= 0.6 is 11.8 Å². The van der Waals surface area contributed by atoms with E-state index in [9.17, 15) is 4.79 Å². The molecule has 0 aliphatic carbocycles. The molecule has 8 nitrogen and oxygen atoms in total. The molecule has 4 heterocycles. The Labute approximate surface area is 169 Å². The summed E-state index contributed by atoms with van der Waals surface area (Å²) in [4.78, 5) is 16.9. The molecule has 0 bridgehead atoms. The van der Waals surface area contributed by atoms with E-state index in [1.807, 2.05) is 30.9 Å². The van der Waals surface area contributed by atoms with Crippen LogP contribution in [0, 0.1) is 0 Å². The first-order valence-electron chi connectivity index (χ1n) is 9.86. The largest absolute Gasteiger partial charge is 0.467 e. The normalized spacial score (nSPS) is 22.8. The van der Waals surface area contributed by atoms with Crippen LogP contribution in [0.3, 0.4) is 0 Å². The van der Waals surface area contributed by atoms with Gasteiger partial charge in [0.25, 0.3) is 0 Å². The maximum Gasteiger partial charge on any atom is 0.233 e. The van der Waals surface area contributed by atoms with E-state index in [1.165, 1.54) is 24.6 Å². The molecule has 2 unspecified atom stereocenters. The van der Waals surface area contributed by atoms with Gasteiger partial charge in [0.1, 0.15) is 5.76 Å². The number of hydrogen-bond donors (Lipinski definition) is 0. The van der Waals surface area contributed by atoms with Gasteiger partial charge in [-0.15, -0.1) is 10.2 Å². The summed E-state index contributed by atoms with van der Waals surface area (Å²) in [5.41, 5.74) is 0. The molecule has 2 atom stereocenters. The summed E-state index contributed by atoms with van der Waals surface area (Å²) >= 11 is 1.44. The fourth-order valence-electron chi connectivity index (χ4n) is 3.83. The SMILES string of the molecule is CC1CN(C(=O)CSc2nnc(N3CCCC3)n2Cc2ccco2)CC(C)O1. The van der Waals surface area contributed by atoms with Crippen LogP contribution in [0.15, 0.2) is 28.0 Å². The molecule has 4 rings (SSSR count). The fraction of sp³-hybridized carbons (Fsp3) is 0.632. The highest BCUT2D eigenvalue weighted by molar-refractivity contribution is 7.99. The number of rotatable bonds is 6. The number of hydrogen-bond acceptors (Lipinski definition) is 7. The van der Waals surface area contributed by atoms with Crippen molar-refractivity contribution in [3.63, 3.8) is 0 Å². The molecule has 2 aliphatic rings. The molecule has 0 N–H and O–H groups in total. The lowest BCUT2D eigenvalue weighted by atomic mass is 10.2. The summed E-state index contributed by atoms with van der Waals surface area (Å²) in [5, 5.41) is 9.56. The standard InChI is InChI=1S/C19H27N5O3S/c1-14-10-23(11-15(2)27-14)17(25)13-28-19-21-20-18(22-7-3-4-8-22)24(19)12-16-6-5-9-26-16/h5-6,9,14-15H,3-4,7-8,10-13H2,1-2H3. The van der Waals surface area contributed by atoms with Gasteiger partial charge in [-0.2, -0.15) is 0 Å². The van der Waals surface area contributed by atoms with Gasteiger partial charge >= 0.3 is 0 Å². The Bertz CT molecular complexity index is 778. The summed E-state index contributed by atoms with van der Waals surface area (Å²) in [6.07, 6.45) is 4.15. The van der Waals surface area contributed by atoms with Crippen molar-refractivity contribution in [3.05, 3.63) is 24.2 Å². The molecule has 0 radical (unpaired) electrons. The second kappa shape index (κ2) is 8.57. The van der Waals surface area contributed by atoms with E-state index in [0.29, 0.717) is 25.4 Å². The first-order valence-corrected chi connectivity index (χ1v) is 10.9. The van der Waals surface area contributed by atoms with Crippen molar-refractivity contribution < 1.29 is 13.9 Å². The number of aromatic nitrogens is 3. The van der Waals surface area contributed by atoms with Crippen LogP contribution in [0.4, 0.5) is 5.95 Å². The van der Waals surface area contributed by atoms with E-state index < -0.39 is 0 Å². The molecular formula is C19H27N5O3S. The van der Waals surface area contributed by atoms with Crippen molar-refractivity contribution in [1.82, 2.24) is 19.7 Å². The minimum Gasteiger partial charge on any atom is -0.467 e. The third-order valence-corrected chi connectivity index (χ3v) is 6.03. The molecule has 0 aromatic carbocycles. The van der Waals surface area contributed by atoms with Crippen LogP contribution in [0.1, 0.15) is 32.4 Å². The summed E-state index contributed by atoms with van der Waals surface area (Å²) in [5.74, 6) is 2.17. The van der Waals surface area contributed by atoms with E-state index in [2.05, 4.69) is 19.7 Å². The smallest absolute Gasteiger partial charge is 0.233 e. The first-order chi connectivity index (χ1) is 13.6. The zero-order chi connectivity index (χ0) is 19.5. The number of ether oxygens (including phenoxy) is 1. The van der Waals surface area contributed by atoms with Crippen LogP contribution in [0.5, 0.6) is 0 Å². The van der Waals surface area contributed by atoms with E-state index in [4.69, 9.17) is 9.15 Å². The van der Waals surface area contributed by atoms with Crippen LogP contribution in [-0.4, -0.2) is 69.7 Å².